The van der Waals surface area contributed by atoms with Gasteiger partial charge in [0.1, 0.15) is 6.04 Å². The van der Waals surface area contributed by atoms with Crippen molar-refractivity contribution in [2.24, 2.45) is 0 Å². The fourth-order valence-corrected chi connectivity index (χ4v) is 3.03. The van der Waals surface area contributed by atoms with E-state index in [0.717, 1.165) is 52.0 Å². The summed E-state index contributed by atoms with van der Waals surface area (Å²) in [6.07, 6.45) is 2.95. The minimum atomic E-state index is -0.234. The molecule has 2 saturated heterocycles. The summed E-state index contributed by atoms with van der Waals surface area (Å²) in [5.74, 6) is 0.229. The van der Waals surface area contributed by atoms with E-state index in [1.807, 2.05) is 11.8 Å². The topological polar surface area (TPSA) is 61.9 Å². The molecule has 1 N–H and O–H groups in total. The molecule has 2 aliphatic rings. The van der Waals surface area contributed by atoms with Crippen LogP contribution in [0.3, 0.4) is 0 Å². The van der Waals surface area contributed by atoms with Crippen LogP contribution in [-0.4, -0.2) is 73.6 Å². The largest absolute Gasteiger partial charge is 0.382 e. The molecule has 0 aliphatic carbocycles. The molecule has 120 valence electrons. The Morgan fingerprint density at radius 3 is 2.71 bits per heavy atom. The molecule has 21 heavy (non-hydrogen) atoms. The molecular weight excluding hydrogens is 270 g/mol. The van der Waals surface area contributed by atoms with E-state index in [2.05, 4.69) is 5.32 Å². The average Bonchev–Trinajstić information content (AvgIpc) is 3.01. The lowest BCUT2D eigenvalue weighted by Gasteiger charge is -2.33. The number of carbonyl (C=O) groups excluding carboxylic acids is 2. The van der Waals surface area contributed by atoms with Crippen molar-refractivity contribution in [2.45, 2.75) is 38.6 Å². The van der Waals surface area contributed by atoms with Crippen molar-refractivity contribution >= 4 is 11.8 Å². The molecule has 2 rings (SSSR count). The number of rotatable bonds is 6. The number of hydrogen-bond acceptors (Lipinski definition) is 4. The molecule has 6 heteroatoms. The molecule has 2 fully saturated rings. The number of hydrogen-bond donors (Lipinski definition) is 1. The lowest BCUT2D eigenvalue weighted by molar-refractivity contribution is -0.144. The van der Waals surface area contributed by atoms with Gasteiger partial charge in [-0.2, -0.15) is 0 Å². The molecule has 1 atom stereocenters. The molecule has 6 nitrogen and oxygen atoms in total. The average molecular weight is 297 g/mol. The molecule has 0 aromatic rings. The number of piperazine rings is 1. The summed E-state index contributed by atoms with van der Waals surface area (Å²) in [6, 6.07) is -0.234. The van der Waals surface area contributed by atoms with Crippen LogP contribution in [0.2, 0.25) is 0 Å². The summed E-state index contributed by atoms with van der Waals surface area (Å²) >= 11 is 0. The lowest BCUT2D eigenvalue weighted by Crippen LogP contribution is -2.53. The standard InChI is InChI=1S/C15H27N3O3/c1-2-21-12-4-6-14(19)18-9-3-5-13(18)15(20)17-10-7-16-8-11-17/h13,16H,2-12H2,1H3. The molecule has 0 radical (unpaired) electrons. The summed E-state index contributed by atoms with van der Waals surface area (Å²) in [5.41, 5.74) is 0. The minimum absolute atomic E-state index is 0.0979. The first-order valence-electron chi connectivity index (χ1n) is 8.10. The van der Waals surface area contributed by atoms with E-state index in [1.54, 1.807) is 4.90 Å². The molecular formula is C15H27N3O3. The number of carbonyl (C=O) groups is 2. The normalized spacial score (nSPS) is 22.6. The van der Waals surface area contributed by atoms with E-state index in [9.17, 15) is 9.59 Å². The zero-order chi connectivity index (χ0) is 15.1. The number of nitrogens with one attached hydrogen (secondary N) is 1. The van der Waals surface area contributed by atoms with Crippen LogP contribution >= 0.6 is 0 Å². The third-order valence-corrected chi connectivity index (χ3v) is 4.17. The van der Waals surface area contributed by atoms with Crippen molar-refractivity contribution in [2.75, 3.05) is 45.9 Å². The van der Waals surface area contributed by atoms with E-state index in [0.29, 0.717) is 19.6 Å². The van der Waals surface area contributed by atoms with Gasteiger partial charge >= 0.3 is 0 Å². The highest BCUT2D eigenvalue weighted by molar-refractivity contribution is 5.88. The molecule has 0 spiro atoms. The molecule has 2 aliphatic heterocycles. The van der Waals surface area contributed by atoms with Crippen molar-refractivity contribution in [1.82, 2.24) is 15.1 Å². The van der Waals surface area contributed by atoms with Gasteiger partial charge < -0.3 is 19.9 Å². The predicted molar refractivity (Wildman–Crippen MR) is 79.9 cm³/mol. The summed E-state index contributed by atoms with van der Waals surface area (Å²) in [6.45, 7) is 7.17. The van der Waals surface area contributed by atoms with Gasteiger partial charge in [-0.05, 0) is 26.2 Å². The van der Waals surface area contributed by atoms with Crippen molar-refractivity contribution < 1.29 is 14.3 Å². The second-order valence-corrected chi connectivity index (χ2v) is 5.62. The Bertz CT molecular complexity index is 356. The molecule has 2 heterocycles. The molecule has 0 saturated carbocycles. The maximum Gasteiger partial charge on any atom is 0.245 e. The van der Waals surface area contributed by atoms with Crippen LogP contribution in [0.5, 0.6) is 0 Å². The van der Waals surface area contributed by atoms with Crippen LogP contribution in [0.4, 0.5) is 0 Å². The SMILES string of the molecule is CCOCCCC(=O)N1CCCC1C(=O)N1CCNCC1. The first kappa shape index (κ1) is 16.2. The van der Waals surface area contributed by atoms with E-state index in [1.165, 1.54) is 0 Å². The molecule has 0 bridgehead atoms. The smallest absolute Gasteiger partial charge is 0.245 e. The van der Waals surface area contributed by atoms with Crippen LogP contribution in [0.15, 0.2) is 0 Å². The van der Waals surface area contributed by atoms with Crippen LogP contribution in [0.1, 0.15) is 32.6 Å². The maximum atomic E-state index is 12.6. The van der Waals surface area contributed by atoms with Gasteiger partial charge in [-0.15, -0.1) is 0 Å². The fourth-order valence-electron chi connectivity index (χ4n) is 3.03. The highest BCUT2D eigenvalue weighted by atomic mass is 16.5. The third kappa shape index (κ3) is 4.41. The van der Waals surface area contributed by atoms with Crippen LogP contribution in [-0.2, 0) is 14.3 Å². The number of nitrogens with zero attached hydrogens (tertiary/aromatic N) is 2. The zero-order valence-corrected chi connectivity index (χ0v) is 13.0. The highest BCUT2D eigenvalue weighted by Crippen LogP contribution is 2.21. The van der Waals surface area contributed by atoms with Gasteiger partial charge in [0.25, 0.3) is 0 Å². The minimum Gasteiger partial charge on any atom is -0.382 e. The Morgan fingerprint density at radius 2 is 2.00 bits per heavy atom. The highest BCUT2D eigenvalue weighted by Gasteiger charge is 2.36. The van der Waals surface area contributed by atoms with Gasteiger partial charge in [0, 0.05) is 52.4 Å². The summed E-state index contributed by atoms with van der Waals surface area (Å²) in [4.78, 5) is 28.5. The number of amides is 2. The van der Waals surface area contributed by atoms with Gasteiger partial charge in [-0.3, -0.25) is 9.59 Å². The second-order valence-electron chi connectivity index (χ2n) is 5.62. The van der Waals surface area contributed by atoms with Gasteiger partial charge in [-0.1, -0.05) is 0 Å². The maximum absolute atomic E-state index is 12.6. The van der Waals surface area contributed by atoms with E-state index < -0.39 is 0 Å². The van der Waals surface area contributed by atoms with Crippen LogP contribution in [0.25, 0.3) is 0 Å². The summed E-state index contributed by atoms with van der Waals surface area (Å²) < 4.78 is 5.26. The summed E-state index contributed by atoms with van der Waals surface area (Å²) in [5, 5.41) is 3.25. The molecule has 0 aromatic carbocycles. The van der Waals surface area contributed by atoms with Crippen molar-refractivity contribution in [3.05, 3.63) is 0 Å². The van der Waals surface area contributed by atoms with Crippen molar-refractivity contribution in [3.63, 3.8) is 0 Å². The lowest BCUT2D eigenvalue weighted by atomic mass is 10.1. The van der Waals surface area contributed by atoms with Crippen molar-refractivity contribution in [3.8, 4) is 0 Å². The fraction of sp³-hybridized carbons (Fsp3) is 0.867. The first-order chi connectivity index (χ1) is 10.2. The van der Waals surface area contributed by atoms with E-state index in [-0.39, 0.29) is 17.9 Å². The monoisotopic (exact) mass is 297 g/mol. The summed E-state index contributed by atoms with van der Waals surface area (Å²) in [7, 11) is 0. The van der Waals surface area contributed by atoms with Gasteiger partial charge in [0.15, 0.2) is 0 Å². The van der Waals surface area contributed by atoms with Crippen LogP contribution in [0, 0.1) is 0 Å². The number of likely N-dealkylation sites (tertiary alicyclic amines) is 1. The Kier molecular flexibility index (Phi) is 6.45. The van der Waals surface area contributed by atoms with Gasteiger partial charge in [0.05, 0.1) is 0 Å². The zero-order valence-electron chi connectivity index (χ0n) is 13.0. The van der Waals surface area contributed by atoms with E-state index in [4.69, 9.17) is 4.74 Å². The third-order valence-electron chi connectivity index (χ3n) is 4.17. The van der Waals surface area contributed by atoms with Gasteiger partial charge in [0.2, 0.25) is 11.8 Å². The second kappa shape index (κ2) is 8.34. The van der Waals surface area contributed by atoms with E-state index >= 15 is 0 Å². The Hall–Kier alpha value is -1.14. The van der Waals surface area contributed by atoms with Crippen molar-refractivity contribution in [1.29, 1.82) is 0 Å². The molecule has 1 unspecified atom stereocenters. The van der Waals surface area contributed by atoms with Gasteiger partial charge in [-0.25, -0.2) is 0 Å². The Morgan fingerprint density at radius 1 is 1.24 bits per heavy atom. The molecule has 2 amide bonds. The quantitative estimate of drug-likeness (QED) is 0.713. The Labute approximate surface area is 126 Å². The van der Waals surface area contributed by atoms with Crippen LogP contribution < -0.4 is 5.32 Å². The Balaban J connectivity index is 1.83. The predicted octanol–water partition coefficient (Wildman–Crippen LogP) is 0.226. The molecule has 0 aromatic heterocycles. The number of ether oxygens (including phenoxy) is 1. The first-order valence-corrected chi connectivity index (χ1v) is 8.10.